The van der Waals surface area contributed by atoms with Crippen molar-refractivity contribution >= 4 is 23.6 Å². The van der Waals surface area contributed by atoms with Gasteiger partial charge >= 0.3 is 11.9 Å². The normalized spacial score (nSPS) is 14.1. The Morgan fingerprint density at radius 3 is 2.17 bits per heavy atom. The Bertz CT molecular complexity index is 773. The van der Waals surface area contributed by atoms with Gasteiger partial charge in [-0.25, -0.2) is 9.59 Å². The van der Waals surface area contributed by atoms with Crippen LogP contribution in [0.5, 0.6) is 11.5 Å². The number of aliphatic carboxylic acids is 2. The molecule has 0 saturated carbocycles. The second kappa shape index (κ2) is 10.4. The van der Waals surface area contributed by atoms with E-state index in [9.17, 15) is 19.2 Å². The Balaban J connectivity index is 2.18. The number of hydrogen-bond donors (Lipinski definition) is 3. The summed E-state index contributed by atoms with van der Waals surface area (Å²) < 4.78 is 10.2. The molecule has 0 aliphatic carbocycles. The number of carboxylic acids is 2. The second-order valence-electron chi connectivity index (χ2n) is 6.58. The number of hydrogen-bond acceptors (Lipinski definition) is 7. The maximum absolute atomic E-state index is 12.8. The minimum Gasteiger partial charge on any atom is -0.479 e. The van der Waals surface area contributed by atoms with E-state index in [1.54, 1.807) is 0 Å². The standard InChI is InChI=1S/C19H24N2O8/c1-12(22)21(14-4-6-20-7-5-14)9-15(23)13-2-3-16(28-10-18(24)25)17(8-13)29-11-19(26)27/h2-3,8,14,20H,4-7,9-11H2,1H3,(H,24,25)(H,26,27). The summed E-state index contributed by atoms with van der Waals surface area (Å²) in [6.45, 7) is 1.50. The van der Waals surface area contributed by atoms with Gasteiger partial charge in [-0.05, 0) is 44.1 Å². The number of rotatable bonds is 10. The van der Waals surface area contributed by atoms with Crippen LogP contribution in [-0.4, -0.2) is 77.6 Å². The molecule has 1 aromatic rings. The average Bonchev–Trinajstić information content (AvgIpc) is 2.69. The number of nitrogens with zero attached hydrogens (tertiary/aromatic N) is 1. The predicted octanol–water partition coefficient (Wildman–Crippen LogP) is 0.397. The van der Waals surface area contributed by atoms with Crippen molar-refractivity contribution in [3.05, 3.63) is 23.8 Å². The van der Waals surface area contributed by atoms with Gasteiger partial charge in [-0.1, -0.05) is 0 Å². The number of piperidine rings is 1. The lowest BCUT2D eigenvalue weighted by molar-refractivity contribution is -0.140. The van der Waals surface area contributed by atoms with Gasteiger partial charge in [0.05, 0.1) is 6.54 Å². The minimum absolute atomic E-state index is 0.00646. The zero-order chi connectivity index (χ0) is 21.4. The van der Waals surface area contributed by atoms with Gasteiger partial charge in [-0.15, -0.1) is 0 Å². The van der Waals surface area contributed by atoms with Crippen molar-refractivity contribution in [2.75, 3.05) is 32.8 Å². The molecule has 10 heteroatoms. The first-order chi connectivity index (χ1) is 13.8. The highest BCUT2D eigenvalue weighted by atomic mass is 16.5. The zero-order valence-corrected chi connectivity index (χ0v) is 16.1. The minimum atomic E-state index is -1.24. The number of amides is 1. The maximum atomic E-state index is 12.8. The summed E-state index contributed by atoms with van der Waals surface area (Å²) in [6, 6.07) is 4.03. The van der Waals surface area contributed by atoms with Gasteiger partial charge in [0.15, 0.2) is 30.5 Å². The van der Waals surface area contributed by atoms with Gasteiger partial charge in [0, 0.05) is 18.5 Å². The topological polar surface area (TPSA) is 142 Å². The Kier molecular flexibility index (Phi) is 7.96. The lowest BCUT2D eigenvalue weighted by Gasteiger charge is -2.33. The molecule has 3 N–H and O–H groups in total. The predicted molar refractivity (Wildman–Crippen MR) is 100 cm³/mol. The van der Waals surface area contributed by atoms with Crippen LogP contribution in [0.1, 0.15) is 30.1 Å². The molecule has 0 radical (unpaired) electrons. The monoisotopic (exact) mass is 408 g/mol. The van der Waals surface area contributed by atoms with Crippen LogP contribution in [-0.2, 0) is 14.4 Å². The van der Waals surface area contributed by atoms with Gasteiger partial charge in [0.1, 0.15) is 0 Å². The van der Waals surface area contributed by atoms with Crippen molar-refractivity contribution in [3.8, 4) is 11.5 Å². The Labute approximate surface area is 167 Å². The van der Waals surface area contributed by atoms with Gasteiger partial charge < -0.3 is 29.9 Å². The van der Waals surface area contributed by atoms with Crippen LogP contribution in [0.2, 0.25) is 0 Å². The SMILES string of the molecule is CC(=O)N(CC(=O)c1ccc(OCC(=O)O)c(OCC(=O)O)c1)C1CCNCC1. The third-order valence-corrected chi connectivity index (χ3v) is 4.44. The smallest absolute Gasteiger partial charge is 0.341 e. The van der Waals surface area contributed by atoms with Gasteiger partial charge in [-0.3, -0.25) is 9.59 Å². The molecule has 29 heavy (non-hydrogen) atoms. The molecule has 2 rings (SSSR count). The molecule has 1 fully saturated rings. The molecule has 1 heterocycles. The number of Topliss-reactive ketones (excluding diaryl/α,β-unsaturated/α-hetero) is 1. The van der Waals surface area contributed by atoms with Crippen molar-refractivity contribution in [1.82, 2.24) is 10.2 Å². The molecule has 0 spiro atoms. The second-order valence-corrected chi connectivity index (χ2v) is 6.58. The average molecular weight is 408 g/mol. The van der Waals surface area contributed by atoms with Crippen molar-refractivity contribution in [3.63, 3.8) is 0 Å². The fourth-order valence-electron chi connectivity index (χ4n) is 3.05. The van der Waals surface area contributed by atoms with E-state index < -0.39 is 25.2 Å². The van der Waals surface area contributed by atoms with E-state index in [1.807, 2.05) is 0 Å². The Morgan fingerprint density at radius 2 is 1.62 bits per heavy atom. The highest BCUT2D eigenvalue weighted by molar-refractivity contribution is 5.99. The summed E-state index contributed by atoms with van der Waals surface area (Å²) >= 11 is 0. The molecular formula is C19H24N2O8. The number of carboxylic acid groups (broad SMARTS) is 2. The molecule has 1 aliphatic heterocycles. The zero-order valence-electron chi connectivity index (χ0n) is 16.1. The quantitative estimate of drug-likeness (QED) is 0.469. The number of carbonyl (C=O) groups excluding carboxylic acids is 2. The first kappa shape index (κ1) is 22.2. The van der Waals surface area contributed by atoms with E-state index in [0.29, 0.717) is 0 Å². The van der Waals surface area contributed by atoms with E-state index in [4.69, 9.17) is 19.7 Å². The summed E-state index contributed by atoms with van der Waals surface area (Å²) in [5.41, 5.74) is 0.202. The van der Waals surface area contributed by atoms with E-state index >= 15 is 0 Å². The number of nitrogens with one attached hydrogen (secondary N) is 1. The van der Waals surface area contributed by atoms with Crippen molar-refractivity contribution in [2.24, 2.45) is 0 Å². The van der Waals surface area contributed by atoms with Gasteiger partial charge in [0.25, 0.3) is 0 Å². The summed E-state index contributed by atoms with van der Waals surface area (Å²) in [5, 5.41) is 20.8. The molecule has 10 nitrogen and oxygen atoms in total. The highest BCUT2D eigenvalue weighted by Crippen LogP contribution is 2.29. The fraction of sp³-hybridized carbons (Fsp3) is 0.474. The first-order valence-corrected chi connectivity index (χ1v) is 9.12. The lowest BCUT2D eigenvalue weighted by Crippen LogP contribution is -2.47. The van der Waals surface area contributed by atoms with E-state index in [0.717, 1.165) is 25.9 Å². The largest absolute Gasteiger partial charge is 0.479 e. The molecule has 0 bridgehead atoms. The van der Waals surface area contributed by atoms with Crippen molar-refractivity contribution in [1.29, 1.82) is 0 Å². The van der Waals surface area contributed by atoms with Crippen molar-refractivity contribution in [2.45, 2.75) is 25.8 Å². The van der Waals surface area contributed by atoms with Crippen LogP contribution >= 0.6 is 0 Å². The third-order valence-electron chi connectivity index (χ3n) is 4.44. The summed E-state index contributed by atoms with van der Waals surface area (Å²) in [4.78, 5) is 47.8. The molecule has 158 valence electrons. The maximum Gasteiger partial charge on any atom is 0.341 e. The number of ether oxygens (including phenoxy) is 2. The Morgan fingerprint density at radius 1 is 1.03 bits per heavy atom. The van der Waals surface area contributed by atoms with Crippen LogP contribution in [0.25, 0.3) is 0 Å². The van der Waals surface area contributed by atoms with Crippen LogP contribution in [0, 0.1) is 0 Å². The molecule has 1 aromatic carbocycles. The summed E-state index contributed by atoms with van der Waals surface area (Å²) in [7, 11) is 0. The van der Waals surface area contributed by atoms with Crippen LogP contribution in [0.15, 0.2) is 18.2 Å². The van der Waals surface area contributed by atoms with Gasteiger partial charge in [-0.2, -0.15) is 0 Å². The lowest BCUT2D eigenvalue weighted by atomic mass is 10.0. The molecule has 1 saturated heterocycles. The van der Waals surface area contributed by atoms with Crippen LogP contribution in [0.3, 0.4) is 0 Å². The van der Waals surface area contributed by atoms with Gasteiger partial charge in [0.2, 0.25) is 5.91 Å². The molecule has 1 amide bonds. The molecule has 0 aromatic heterocycles. The van der Waals surface area contributed by atoms with Crippen LogP contribution in [0.4, 0.5) is 0 Å². The highest BCUT2D eigenvalue weighted by Gasteiger charge is 2.26. The van der Waals surface area contributed by atoms with E-state index in [2.05, 4.69) is 5.32 Å². The molecule has 0 unspecified atom stereocenters. The number of benzene rings is 1. The molecule has 0 atom stereocenters. The summed E-state index contributed by atoms with van der Waals surface area (Å²) in [5.74, 6) is -3.05. The third kappa shape index (κ3) is 6.75. The molecular weight excluding hydrogens is 384 g/mol. The number of carbonyl (C=O) groups is 4. The van der Waals surface area contributed by atoms with E-state index in [-0.39, 0.29) is 41.3 Å². The summed E-state index contributed by atoms with van der Waals surface area (Å²) in [6.07, 6.45) is 1.50. The van der Waals surface area contributed by atoms with Crippen LogP contribution < -0.4 is 14.8 Å². The molecule has 1 aliphatic rings. The number of ketones is 1. The first-order valence-electron chi connectivity index (χ1n) is 9.12. The van der Waals surface area contributed by atoms with E-state index in [1.165, 1.54) is 30.0 Å². The Hall–Kier alpha value is -3.14. The van der Waals surface area contributed by atoms with Crippen molar-refractivity contribution < 1.29 is 38.9 Å². The fourth-order valence-corrected chi connectivity index (χ4v) is 3.05.